The fourth-order valence-electron chi connectivity index (χ4n) is 4.58. The molecule has 4 aromatic rings. The van der Waals surface area contributed by atoms with E-state index in [9.17, 15) is 0 Å². The van der Waals surface area contributed by atoms with E-state index >= 15 is 0 Å². The van der Waals surface area contributed by atoms with Gasteiger partial charge in [0.15, 0.2) is 0 Å². The Kier molecular flexibility index (Phi) is 7.95. The van der Waals surface area contributed by atoms with Crippen molar-refractivity contribution >= 4 is 45.5 Å². The Labute approximate surface area is 195 Å². The van der Waals surface area contributed by atoms with Gasteiger partial charge in [-0.15, -0.1) is 0 Å². The van der Waals surface area contributed by atoms with E-state index in [0.717, 1.165) is 16.6 Å². The highest BCUT2D eigenvalue weighted by atomic mass is 35.5. The molecule has 0 aliphatic heterocycles. The molecule has 156 valence electrons. The molecule has 0 saturated carbocycles. The van der Waals surface area contributed by atoms with Crippen LogP contribution < -0.4 is 15.6 Å². The third kappa shape index (κ3) is 6.30. The van der Waals surface area contributed by atoms with Gasteiger partial charge in [0.1, 0.15) is 8.80 Å². The molecule has 1 unspecified atom stereocenters. The average molecular weight is 457 g/mol. The lowest BCUT2D eigenvalue weighted by atomic mass is 10.1. The number of benzene rings is 4. The molecule has 4 rings (SSSR count). The molecule has 0 amide bonds. The highest BCUT2D eigenvalue weighted by Gasteiger charge is 2.27. The smallest absolute Gasteiger partial charge is 0.0843 e. The fourth-order valence-corrected chi connectivity index (χ4v) is 13.0. The van der Waals surface area contributed by atoms with Crippen LogP contribution in [-0.2, 0) is 6.42 Å². The van der Waals surface area contributed by atoms with Crippen molar-refractivity contribution in [1.82, 2.24) is 0 Å². The monoisotopic (exact) mass is 456 g/mol. The summed E-state index contributed by atoms with van der Waals surface area (Å²) >= 11 is 6.18. The van der Waals surface area contributed by atoms with Crippen LogP contribution in [0.2, 0.25) is 10.2 Å². The minimum absolute atomic E-state index is 0.446. The van der Waals surface area contributed by atoms with E-state index in [4.69, 9.17) is 11.6 Å². The van der Waals surface area contributed by atoms with E-state index in [0.29, 0.717) is 0 Å². The van der Waals surface area contributed by atoms with Gasteiger partial charge in [-0.25, -0.2) is 0 Å². The van der Waals surface area contributed by atoms with Crippen LogP contribution >= 0.6 is 11.6 Å². The molecule has 0 fully saturated rings. The molecule has 4 aromatic carbocycles. The van der Waals surface area contributed by atoms with Gasteiger partial charge in [0.25, 0.3) is 0 Å². The summed E-state index contributed by atoms with van der Waals surface area (Å²) in [6.45, 7) is 0. The van der Waals surface area contributed by atoms with E-state index in [1.807, 2.05) is 0 Å². The van der Waals surface area contributed by atoms with E-state index in [1.165, 1.54) is 23.6 Å². The Bertz CT molecular complexity index is 995. The van der Waals surface area contributed by atoms with Gasteiger partial charge in [-0.3, -0.25) is 0 Å². The van der Waals surface area contributed by atoms with Gasteiger partial charge in [0, 0.05) is 5.02 Å². The van der Waals surface area contributed by atoms with Crippen LogP contribution in [0.25, 0.3) is 0 Å². The van der Waals surface area contributed by atoms with E-state index in [2.05, 4.69) is 115 Å². The van der Waals surface area contributed by atoms with Crippen molar-refractivity contribution in [2.24, 2.45) is 0 Å². The van der Waals surface area contributed by atoms with Gasteiger partial charge in [-0.05, 0) is 35.7 Å². The van der Waals surface area contributed by atoms with Gasteiger partial charge >= 0.3 is 0 Å². The van der Waals surface area contributed by atoms with E-state index in [1.54, 1.807) is 10.4 Å². The van der Waals surface area contributed by atoms with Crippen molar-refractivity contribution < 1.29 is 0 Å². The molecule has 0 aromatic heterocycles. The fraction of sp³-hybridized carbons (Fsp3) is 0.143. The van der Waals surface area contributed by atoms with Gasteiger partial charge < -0.3 is 0 Å². The highest BCUT2D eigenvalue weighted by Crippen LogP contribution is 2.20. The number of hydrogen-bond donors (Lipinski definition) is 0. The predicted molar refractivity (Wildman–Crippen MR) is 142 cm³/mol. The third-order valence-electron chi connectivity index (χ3n) is 6.08. The molecule has 0 aliphatic carbocycles. The molecule has 0 N–H and O–H groups in total. The van der Waals surface area contributed by atoms with E-state index in [-0.39, 0.29) is 0 Å². The lowest BCUT2D eigenvalue weighted by molar-refractivity contribution is 0.766. The molecule has 0 radical (unpaired) electrons. The summed E-state index contributed by atoms with van der Waals surface area (Å²) in [4.78, 5) is 0. The van der Waals surface area contributed by atoms with Crippen molar-refractivity contribution in [3.63, 3.8) is 0 Å². The first-order chi connectivity index (χ1) is 15.3. The summed E-state index contributed by atoms with van der Waals surface area (Å²) < 4.78 is 0. The second kappa shape index (κ2) is 11.3. The Morgan fingerprint density at radius 2 is 1.16 bits per heavy atom. The minimum atomic E-state index is -1.34. The predicted octanol–water partition coefficient (Wildman–Crippen LogP) is 4.53. The molecule has 3 heteroatoms. The highest BCUT2D eigenvalue weighted by molar-refractivity contribution is 6.93. The molecule has 0 aliphatic rings. The average Bonchev–Trinajstić information content (AvgIpc) is 2.83. The van der Waals surface area contributed by atoms with Crippen molar-refractivity contribution in [1.29, 1.82) is 0 Å². The van der Waals surface area contributed by atoms with Crippen LogP contribution in [0.15, 0.2) is 115 Å². The first kappa shape index (κ1) is 21.8. The molecule has 0 nitrogen and oxygen atoms in total. The van der Waals surface area contributed by atoms with Crippen LogP contribution in [0.5, 0.6) is 0 Å². The maximum absolute atomic E-state index is 6.18. The van der Waals surface area contributed by atoms with Gasteiger partial charge in [-0.1, -0.05) is 137 Å². The number of halogens is 1. The summed E-state index contributed by atoms with van der Waals surface area (Å²) in [6.07, 6.45) is 3.71. The standard InChI is InChI=1S/C28H29ClSi2/c29-24-19-21-25(22-20-24)30-28(18-10-13-23-11-4-1-5-12-23)31(26-14-6-2-7-15-26)27-16-8-3-9-17-27/h1-9,11-12,14-17,19-22,28,31H,10,13,18,30H2. The van der Waals surface area contributed by atoms with Crippen molar-refractivity contribution in [3.8, 4) is 0 Å². The van der Waals surface area contributed by atoms with Crippen molar-refractivity contribution in [3.05, 3.63) is 126 Å². The molecule has 1 atom stereocenters. The van der Waals surface area contributed by atoms with Crippen molar-refractivity contribution in [2.45, 2.75) is 24.4 Å². The number of aryl methyl sites for hydroxylation is 1. The summed E-state index contributed by atoms with van der Waals surface area (Å²) in [5.74, 6) is 0. The Hall–Kier alpha value is -2.40. The Balaban J connectivity index is 1.62. The number of hydrogen-bond acceptors (Lipinski definition) is 0. The zero-order valence-electron chi connectivity index (χ0n) is 17.8. The van der Waals surface area contributed by atoms with Crippen LogP contribution in [0.3, 0.4) is 0 Å². The van der Waals surface area contributed by atoms with E-state index < -0.39 is 18.3 Å². The summed E-state index contributed by atoms with van der Waals surface area (Å²) in [6, 6.07) is 42.2. The topological polar surface area (TPSA) is 0 Å². The molecule has 31 heavy (non-hydrogen) atoms. The zero-order valence-corrected chi connectivity index (χ0v) is 21.2. The van der Waals surface area contributed by atoms with Crippen LogP contribution in [0.4, 0.5) is 0 Å². The molecule has 0 bridgehead atoms. The lowest BCUT2D eigenvalue weighted by Crippen LogP contribution is -2.49. The van der Waals surface area contributed by atoms with Crippen LogP contribution in [0.1, 0.15) is 18.4 Å². The third-order valence-corrected chi connectivity index (χ3v) is 13.8. The molecular weight excluding hydrogens is 428 g/mol. The molecule has 0 spiro atoms. The zero-order chi connectivity index (χ0) is 21.3. The Morgan fingerprint density at radius 3 is 1.71 bits per heavy atom. The second-order valence-electron chi connectivity index (χ2n) is 8.27. The summed E-state index contributed by atoms with van der Waals surface area (Å²) in [7, 11) is -1.79. The first-order valence-electron chi connectivity index (χ1n) is 11.2. The first-order valence-corrected chi connectivity index (χ1v) is 14.9. The summed E-state index contributed by atoms with van der Waals surface area (Å²) in [5, 5.41) is 6.28. The van der Waals surface area contributed by atoms with Crippen LogP contribution in [-0.4, -0.2) is 18.3 Å². The summed E-state index contributed by atoms with van der Waals surface area (Å²) in [5.41, 5.74) is 1.45. The van der Waals surface area contributed by atoms with Gasteiger partial charge in [0.2, 0.25) is 0 Å². The van der Waals surface area contributed by atoms with Crippen LogP contribution in [0, 0.1) is 0 Å². The van der Waals surface area contributed by atoms with Gasteiger partial charge in [-0.2, -0.15) is 0 Å². The SMILES string of the molecule is Clc1ccc([SiH2]C(CCCc2ccccc2)[SiH](c2ccccc2)c2ccccc2)cc1. The quantitative estimate of drug-likeness (QED) is 0.325. The molecule has 0 heterocycles. The largest absolute Gasteiger partial charge is 0.103 e. The Morgan fingerprint density at radius 1 is 0.645 bits per heavy atom. The maximum Gasteiger partial charge on any atom is 0.103 e. The second-order valence-corrected chi connectivity index (χ2v) is 15.2. The van der Waals surface area contributed by atoms with Crippen molar-refractivity contribution in [2.75, 3.05) is 0 Å². The molecule has 0 saturated heterocycles. The van der Waals surface area contributed by atoms with Gasteiger partial charge in [0.05, 0.1) is 9.52 Å². The lowest BCUT2D eigenvalue weighted by Gasteiger charge is -2.27. The molecular formula is C28H29ClSi2. The minimum Gasteiger partial charge on any atom is -0.0843 e. The maximum atomic E-state index is 6.18. The normalized spacial score (nSPS) is 12.5. The number of rotatable bonds is 9.